The molecule has 2 aromatic rings. The average Bonchev–Trinajstić information content (AvgIpc) is 2.53. The lowest BCUT2D eigenvalue weighted by molar-refractivity contribution is 0.0935. The number of hydrogen-bond acceptors (Lipinski definition) is 1. The van der Waals surface area contributed by atoms with Gasteiger partial charge in [-0.1, -0.05) is 47.1 Å². The molecule has 0 saturated carbocycles. The van der Waals surface area contributed by atoms with Gasteiger partial charge in [-0.3, -0.25) is 4.79 Å². The van der Waals surface area contributed by atoms with Crippen molar-refractivity contribution in [3.8, 4) is 0 Å². The summed E-state index contributed by atoms with van der Waals surface area (Å²) in [5.74, 6) is 0.335. The number of carbonyl (C=O) groups excluding carboxylic acids is 1. The number of hydrogen-bond donors (Lipinski definition) is 1. The first-order chi connectivity index (χ1) is 10.1. The summed E-state index contributed by atoms with van der Waals surface area (Å²) in [4.78, 5) is 12.4. The molecule has 2 rings (SSSR count). The maximum atomic E-state index is 12.4. The second-order valence-electron chi connectivity index (χ2n) is 4.82. The van der Waals surface area contributed by atoms with Gasteiger partial charge in [0.1, 0.15) is 0 Å². The van der Waals surface area contributed by atoms with E-state index in [0.717, 1.165) is 22.0 Å². The Kier molecular flexibility index (Phi) is 5.83. The molecule has 0 saturated heterocycles. The van der Waals surface area contributed by atoms with Crippen LogP contribution in [0, 0.1) is 0 Å². The first kappa shape index (κ1) is 16.1. The molecule has 0 aliphatic carbocycles. The lowest BCUT2D eigenvalue weighted by Crippen LogP contribution is -2.28. The summed E-state index contributed by atoms with van der Waals surface area (Å²) in [5, 5.41) is 3.07. The van der Waals surface area contributed by atoms with Gasteiger partial charge in [-0.05, 0) is 41.8 Å². The van der Waals surface area contributed by atoms with E-state index in [-0.39, 0.29) is 11.9 Å². The van der Waals surface area contributed by atoms with Crippen molar-refractivity contribution < 1.29 is 4.79 Å². The van der Waals surface area contributed by atoms with E-state index in [1.807, 2.05) is 42.5 Å². The molecule has 0 aliphatic rings. The van der Waals surface area contributed by atoms with Gasteiger partial charge in [0.2, 0.25) is 0 Å². The van der Waals surface area contributed by atoms with Gasteiger partial charge < -0.3 is 5.32 Å². The van der Waals surface area contributed by atoms with E-state index in [9.17, 15) is 4.79 Å². The van der Waals surface area contributed by atoms with E-state index in [2.05, 4.69) is 28.2 Å². The molecule has 1 amide bonds. The van der Waals surface area contributed by atoms with Crippen molar-refractivity contribution >= 4 is 33.4 Å². The molecule has 0 radical (unpaired) electrons. The Morgan fingerprint density at radius 3 is 2.57 bits per heavy atom. The van der Waals surface area contributed by atoms with Crippen LogP contribution < -0.4 is 5.32 Å². The molecule has 1 unspecified atom stereocenters. The topological polar surface area (TPSA) is 29.1 Å². The van der Waals surface area contributed by atoms with Crippen LogP contribution in [0.3, 0.4) is 0 Å². The van der Waals surface area contributed by atoms with E-state index in [1.165, 1.54) is 0 Å². The summed E-state index contributed by atoms with van der Waals surface area (Å²) in [6, 6.07) is 15.4. The van der Waals surface area contributed by atoms with E-state index in [4.69, 9.17) is 11.6 Å². The van der Waals surface area contributed by atoms with Gasteiger partial charge in [-0.15, -0.1) is 11.6 Å². The van der Waals surface area contributed by atoms with Crippen molar-refractivity contribution in [2.24, 2.45) is 0 Å². The van der Waals surface area contributed by atoms with Crippen LogP contribution in [0.4, 0.5) is 0 Å². The van der Waals surface area contributed by atoms with Crippen LogP contribution in [0.25, 0.3) is 0 Å². The Balaban J connectivity index is 2.14. The van der Waals surface area contributed by atoms with Crippen LogP contribution in [0.15, 0.2) is 53.0 Å². The zero-order chi connectivity index (χ0) is 15.2. The minimum atomic E-state index is -0.0725. The van der Waals surface area contributed by atoms with E-state index >= 15 is 0 Å². The lowest BCUT2D eigenvalue weighted by Gasteiger charge is -2.18. The molecule has 0 fully saturated rings. The summed E-state index contributed by atoms with van der Waals surface area (Å²) < 4.78 is 1.03. The summed E-state index contributed by atoms with van der Waals surface area (Å²) in [7, 11) is 0. The fourth-order valence-corrected chi connectivity index (χ4v) is 2.58. The van der Waals surface area contributed by atoms with Gasteiger partial charge in [0, 0.05) is 15.9 Å². The Labute approximate surface area is 138 Å². The molecule has 1 atom stereocenters. The minimum absolute atomic E-state index is 0.00487. The van der Waals surface area contributed by atoms with E-state index < -0.39 is 0 Å². The zero-order valence-corrected chi connectivity index (χ0v) is 14.1. The minimum Gasteiger partial charge on any atom is -0.345 e. The van der Waals surface area contributed by atoms with Gasteiger partial charge in [0.25, 0.3) is 5.91 Å². The molecule has 1 N–H and O–H groups in total. The van der Waals surface area contributed by atoms with Crippen molar-refractivity contribution in [3.05, 3.63) is 69.7 Å². The third-order valence-corrected chi connectivity index (χ3v) is 4.17. The van der Waals surface area contributed by atoms with Gasteiger partial charge in [0.15, 0.2) is 0 Å². The molecule has 21 heavy (non-hydrogen) atoms. The molecule has 0 aromatic heterocycles. The van der Waals surface area contributed by atoms with Gasteiger partial charge in [-0.25, -0.2) is 0 Å². The van der Waals surface area contributed by atoms with Gasteiger partial charge in [0.05, 0.1) is 6.04 Å². The van der Waals surface area contributed by atoms with Crippen molar-refractivity contribution in [3.63, 3.8) is 0 Å². The van der Waals surface area contributed by atoms with Crippen LogP contribution in [-0.4, -0.2) is 5.91 Å². The number of carbonyl (C=O) groups is 1. The molecule has 0 spiro atoms. The van der Waals surface area contributed by atoms with Crippen molar-refractivity contribution in [2.45, 2.75) is 25.3 Å². The average molecular weight is 367 g/mol. The summed E-state index contributed by atoms with van der Waals surface area (Å²) in [6.07, 6.45) is 0.836. The predicted molar refractivity (Wildman–Crippen MR) is 90.6 cm³/mol. The van der Waals surface area contributed by atoms with E-state index in [0.29, 0.717) is 11.4 Å². The van der Waals surface area contributed by atoms with Crippen LogP contribution in [0.2, 0.25) is 0 Å². The Morgan fingerprint density at radius 1 is 1.24 bits per heavy atom. The molecular formula is C17H17BrClNO. The van der Waals surface area contributed by atoms with Crippen molar-refractivity contribution in [2.75, 3.05) is 0 Å². The summed E-state index contributed by atoms with van der Waals surface area (Å²) in [6.45, 7) is 2.06. The SMILES string of the molecule is CCC(NC(=O)c1cccc(CCl)c1)c1ccc(Br)cc1. The maximum Gasteiger partial charge on any atom is 0.251 e. The second kappa shape index (κ2) is 7.62. The molecule has 0 heterocycles. The molecule has 2 nitrogen and oxygen atoms in total. The van der Waals surface area contributed by atoms with Crippen molar-refractivity contribution in [1.82, 2.24) is 5.32 Å². The molecular weight excluding hydrogens is 350 g/mol. The second-order valence-corrected chi connectivity index (χ2v) is 6.00. The number of amides is 1. The highest BCUT2D eigenvalue weighted by Gasteiger charge is 2.14. The van der Waals surface area contributed by atoms with Crippen molar-refractivity contribution in [1.29, 1.82) is 0 Å². The highest BCUT2D eigenvalue weighted by atomic mass is 79.9. The molecule has 0 aliphatic heterocycles. The first-order valence-electron chi connectivity index (χ1n) is 6.85. The summed E-state index contributed by atoms with van der Waals surface area (Å²) >= 11 is 9.23. The van der Waals surface area contributed by atoms with Gasteiger partial charge in [-0.2, -0.15) is 0 Å². The van der Waals surface area contributed by atoms with E-state index in [1.54, 1.807) is 6.07 Å². The van der Waals surface area contributed by atoms with Crippen LogP contribution >= 0.6 is 27.5 Å². The Hall–Kier alpha value is -1.32. The highest BCUT2D eigenvalue weighted by Crippen LogP contribution is 2.20. The number of nitrogens with one attached hydrogen (secondary N) is 1. The summed E-state index contributed by atoms with van der Waals surface area (Å²) in [5.41, 5.74) is 2.69. The monoisotopic (exact) mass is 365 g/mol. The van der Waals surface area contributed by atoms with Crippen LogP contribution in [-0.2, 0) is 5.88 Å². The fourth-order valence-electron chi connectivity index (χ4n) is 2.15. The maximum absolute atomic E-state index is 12.4. The molecule has 110 valence electrons. The fraction of sp³-hybridized carbons (Fsp3) is 0.235. The normalized spacial score (nSPS) is 12.0. The molecule has 2 aromatic carbocycles. The zero-order valence-electron chi connectivity index (χ0n) is 11.8. The molecule has 4 heteroatoms. The highest BCUT2D eigenvalue weighted by molar-refractivity contribution is 9.10. The Bertz CT molecular complexity index is 612. The number of rotatable bonds is 5. The number of benzene rings is 2. The molecule has 0 bridgehead atoms. The first-order valence-corrected chi connectivity index (χ1v) is 8.18. The smallest absolute Gasteiger partial charge is 0.251 e. The third-order valence-electron chi connectivity index (χ3n) is 3.33. The quantitative estimate of drug-likeness (QED) is 0.735. The number of halogens is 2. The van der Waals surface area contributed by atoms with Gasteiger partial charge >= 0.3 is 0 Å². The number of alkyl halides is 1. The van der Waals surface area contributed by atoms with Crippen LogP contribution in [0.1, 0.15) is 40.9 Å². The van der Waals surface area contributed by atoms with Crippen LogP contribution in [0.5, 0.6) is 0 Å². The third kappa shape index (κ3) is 4.32. The lowest BCUT2D eigenvalue weighted by atomic mass is 10.0. The predicted octanol–water partition coefficient (Wildman–Crippen LogP) is 5.07. The Morgan fingerprint density at radius 2 is 1.95 bits per heavy atom. The largest absolute Gasteiger partial charge is 0.345 e. The standard InChI is InChI=1S/C17H17BrClNO/c1-2-16(13-6-8-15(18)9-7-13)20-17(21)14-5-3-4-12(10-14)11-19/h3-10,16H,2,11H2,1H3,(H,20,21).